The van der Waals surface area contributed by atoms with E-state index >= 15 is 0 Å². The number of anilines is 1. The molecular formula is C24H20ClN5O6. The molecule has 11 nitrogen and oxygen atoms in total. The first-order valence-electron chi connectivity index (χ1n) is 10.6. The molecule has 184 valence electrons. The van der Waals surface area contributed by atoms with Crippen LogP contribution in [-0.4, -0.2) is 43.0 Å². The Morgan fingerprint density at radius 2 is 1.75 bits per heavy atom. The number of esters is 1. The van der Waals surface area contributed by atoms with E-state index in [4.69, 9.17) is 16.3 Å². The SMILES string of the molecule is Cn1c(=O)c2c(ncn2CC(=O)OCC(=O)Nc2ccc(Cl)cc2C(=O)c2ccccc2)n(C)c1=O. The lowest BCUT2D eigenvalue weighted by atomic mass is 10.0. The number of carbonyl (C=O) groups excluding carboxylic acids is 3. The van der Waals surface area contributed by atoms with E-state index in [0.29, 0.717) is 10.6 Å². The molecule has 12 heteroatoms. The molecule has 0 atom stereocenters. The quantitative estimate of drug-likeness (QED) is 0.294. The number of rotatable bonds is 7. The molecule has 0 bridgehead atoms. The van der Waals surface area contributed by atoms with Gasteiger partial charge in [-0.2, -0.15) is 0 Å². The van der Waals surface area contributed by atoms with E-state index in [2.05, 4.69) is 10.3 Å². The Morgan fingerprint density at radius 1 is 1.03 bits per heavy atom. The van der Waals surface area contributed by atoms with E-state index in [1.807, 2.05) is 0 Å². The number of fused-ring (bicyclic) bond motifs is 1. The third kappa shape index (κ3) is 4.82. The molecule has 2 heterocycles. The molecule has 2 aromatic carbocycles. The molecule has 4 rings (SSSR count). The summed E-state index contributed by atoms with van der Waals surface area (Å²) < 4.78 is 8.38. The molecule has 2 aromatic heterocycles. The molecular weight excluding hydrogens is 490 g/mol. The molecule has 0 fully saturated rings. The predicted octanol–water partition coefficient (Wildman–Crippen LogP) is 1.50. The molecule has 0 unspecified atom stereocenters. The first-order valence-corrected chi connectivity index (χ1v) is 11.0. The second-order valence-corrected chi connectivity index (χ2v) is 8.28. The lowest BCUT2D eigenvalue weighted by molar-refractivity contribution is -0.147. The van der Waals surface area contributed by atoms with Gasteiger partial charge >= 0.3 is 11.7 Å². The molecule has 36 heavy (non-hydrogen) atoms. The van der Waals surface area contributed by atoms with Crippen LogP contribution in [0, 0.1) is 0 Å². The fraction of sp³-hybridized carbons (Fsp3) is 0.167. The lowest BCUT2D eigenvalue weighted by Crippen LogP contribution is -2.37. The number of hydrogen-bond acceptors (Lipinski definition) is 7. The van der Waals surface area contributed by atoms with E-state index in [0.717, 1.165) is 4.57 Å². The molecule has 1 N–H and O–H groups in total. The summed E-state index contributed by atoms with van der Waals surface area (Å²) in [5.41, 5.74) is -0.200. The number of halogens is 1. The van der Waals surface area contributed by atoms with Gasteiger partial charge in [0.1, 0.15) is 6.54 Å². The van der Waals surface area contributed by atoms with Crippen LogP contribution >= 0.6 is 11.6 Å². The minimum atomic E-state index is -0.808. The maximum absolute atomic E-state index is 12.9. The summed E-state index contributed by atoms with van der Waals surface area (Å²) in [7, 11) is 2.77. The van der Waals surface area contributed by atoms with E-state index in [1.165, 1.54) is 47.8 Å². The Labute approximate surface area is 208 Å². The second kappa shape index (κ2) is 10.0. The number of nitrogens with one attached hydrogen (secondary N) is 1. The fourth-order valence-corrected chi connectivity index (χ4v) is 3.76. The first-order chi connectivity index (χ1) is 17.2. The van der Waals surface area contributed by atoms with E-state index in [1.54, 1.807) is 30.3 Å². The highest BCUT2D eigenvalue weighted by Crippen LogP contribution is 2.23. The Morgan fingerprint density at radius 3 is 2.47 bits per heavy atom. The largest absolute Gasteiger partial charge is 0.454 e. The monoisotopic (exact) mass is 509 g/mol. The Kier molecular flexibility index (Phi) is 6.84. The Bertz CT molecular complexity index is 1620. The molecule has 0 radical (unpaired) electrons. The summed E-state index contributed by atoms with van der Waals surface area (Å²) in [5.74, 6) is -1.83. The maximum Gasteiger partial charge on any atom is 0.332 e. The zero-order valence-corrected chi connectivity index (χ0v) is 20.0. The highest BCUT2D eigenvalue weighted by Gasteiger charge is 2.19. The molecule has 0 spiro atoms. The van der Waals surface area contributed by atoms with Crippen LogP contribution < -0.4 is 16.6 Å². The van der Waals surface area contributed by atoms with Crippen LogP contribution in [0.25, 0.3) is 11.2 Å². The number of carbonyl (C=O) groups is 3. The number of hydrogen-bond donors (Lipinski definition) is 1. The van der Waals surface area contributed by atoms with Crippen molar-refractivity contribution >= 4 is 46.1 Å². The van der Waals surface area contributed by atoms with Crippen LogP contribution in [0.5, 0.6) is 0 Å². The van der Waals surface area contributed by atoms with Crippen molar-refractivity contribution < 1.29 is 19.1 Å². The molecule has 0 aliphatic heterocycles. The molecule has 0 aliphatic carbocycles. The number of ether oxygens (including phenoxy) is 1. The summed E-state index contributed by atoms with van der Waals surface area (Å²) in [6.45, 7) is -1.04. The van der Waals surface area contributed by atoms with Crippen molar-refractivity contribution in [1.82, 2.24) is 18.7 Å². The lowest BCUT2D eigenvalue weighted by Gasteiger charge is -2.12. The van der Waals surface area contributed by atoms with Crippen LogP contribution in [0.15, 0.2) is 64.4 Å². The van der Waals surface area contributed by atoms with Gasteiger partial charge in [-0.15, -0.1) is 0 Å². The number of ketones is 1. The van der Waals surface area contributed by atoms with E-state index < -0.39 is 36.3 Å². The van der Waals surface area contributed by atoms with Crippen molar-refractivity contribution in [2.75, 3.05) is 11.9 Å². The summed E-state index contributed by atoms with van der Waals surface area (Å²) in [6.07, 6.45) is 1.24. The highest BCUT2D eigenvalue weighted by molar-refractivity contribution is 6.31. The van der Waals surface area contributed by atoms with Gasteiger partial charge in [0.15, 0.2) is 23.6 Å². The average Bonchev–Trinajstić information content (AvgIpc) is 3.29. The topological polar surface area (TPSA) is 134 Å². The number of nitrogens with zero attached hydrogens (tertiary/aromatic N) is 4. The van der Waals surface area contributed by atoms with Crippen LogP contribution in [0.3, 0.4) is 0 Å². The molecule has 1 amide bonds. The summed E-state index contributed by atoms with van der Waals surface area (Å²) in [6, 6.07) is 12.9. The van der Waals surface area contributed by atoms with Crippen molar-refractivity contribution in [3.63, 3.8) is 0 Å². The van der Waals surface area contributed by atoms with Crippen LogP contribution in [0.2, 0.25) is 5.02 Å². The average molecular weight is 510 g/mol. The van der Waals surface area contributed by atoms with Crippen molar-refractivity contribution in [2.45, 2.75) is 6.54 Å². The van der Waals surface area contributed by atoms with Crippen LogP contribution in [0.1, 0.15) is 15.9 Å². The summed E-state index contributed by atoms with van der Waals surface area (Å²) >= 11 is 6.05. The molecule has 0 saturated heterocycles. The van der Waals surface area contributed by atoms with Crippen molar-refractivity contribution in [2.24, 2.45) is 14.1 Å². The zero-order valence-electron chi connectivity index (χ0n) is 19.2. The highest BCUT2D eigenvalue weighted by atomic mass is 35.5. The first kappa shape index (κ1) is 24.6. The van der Waals surface area contributed by atoms with Gasteiger partial charge in [-0.05, 0) is 18.2 Å². The number of imidazole rings is 1. The minimum absolute atomic E-state index is 0.0474. The predicted molar refractivity (Wildman–Crippen MR) is 131 cm³/mol. The standard InChI is InChI=1S/C24H20ClN5O6/c1-28-22-20(23(34)29(2)24(28)35)30(13-26-22)11-19(32)36-12-18(31)27-17-9-8-15(25)10-16(17)21(33)14-6-4-3-5-7-14/h3-10,13H,11-12H2,1-2H3,(H,27,31). The third-order valence-corrected chi connectivity index (χ3v) is 5.65. The second-order valence-electron chi connectivity index (χ2n) is 7.84. The van der Waals surface area contributed by atoms with E-state index in [-0.39, 0.29) is 28.2 Å². The smallest absolute Gasteiger partial charge is 0.332 e. The van der Waals surface area contributed by atoms with Gasteiger partial charge in [0.05, 0.1) is 12.0 Å². The van der Waals surface area contributed by atoms with Gasteiger partial charge in [0, 0.05) is 30.2 Å². The van der Waals surface area contributed by atoms with Gasteiger partial charge < -0.3 is 14.6 Å². The van der Waals surface area contributed by atoms with Crippen LogP contribution in [-0.2, 0) is 35.0 Å². The minimum Gasteiger partial charge on any atom is -0.454 e. The van der Waals surface area contributed by atoms with Gasteiger partial charge in [-0.1, -0.05) is 41.9 Å². The molecule has 4 aromatic rings. The third-order valence-electron chi connectivity index (χ3n) is 5.42. The van der Waals surface area contributed by atoms with Crippen molar-refractivity contribution in [1.29, 1.82) is 0 Å². The number of aromatic nitrogens is 4. The number of aryl methyl sites for hydroxylation is 1. The van der Waals surface area contributed by atoms with Gasteiger partial charge in [0.2, 0.25) is 0 Å². The molecule has 0 saturated carbocycles. The number of amides is 1. The van der Waals surface area contributed by atoms with E-state index in [9.17, 15) is 24.0 Å². The normalized spacial score (nSPS) is 10.9. The van der Waals surface area contributed by atoms with Gasteiger partial charge in [0.25, 0.3) is 11.5 Å². The Balaban J connectivity index is 1.45. The fourth-order valence-electron chi connectivity index (χ4n) is 3.59. The Hall–Kier alpha value is -4.51. The van der Waals surface area contributed by atoms with Crippen molar-refractivity contribution in [3.8, 4) is 0 Å². The summed E-state index contributed by atoms with van der Waals surface area (Å²) in [5, 5.41) is 2.87. The summed E-state index contributed by atoms with van der Waals surface area (Å²) in [4.78, 5) is 66.3. The molecule has 0 aliphatic rings. The number of benzene rings is 2. The maximum atomic E-state index is 12.9. The van der Waals surface area contributed by atoms with Crippen LogP contribution in [0.4, 0.5) is 5.69 Å². The zero-order chi connectivity index (χ0) is 26.0. The van der Waals surface area contributed by atoms with Gasteiger partial charge in [-0.3, -0.25) is 28.3 Å². The van der Waals surface area contributed by atoms with Gasteiger partial charge in [-0.25, -0.2) is 9.78 Å². The van der Waals surface area contributed by atoms with Crippen molar-refractivity contribution in [3.05, 3.63) is 91.8 Å².